The lowest BCUT2D eigenvalue weighted by molar-refractivity contribution is -0.137. The maximum absolute atomic E-state index is 13.7. The van der Waals surface area contributed by atoms with Crippen molar-refractivity contribution >= 4 is 43.7 Å². The highest BCUT2D eigenvalue weighted by Gasteiger charge is 2.34. The summed E-state index contributed by atoms with van der Waals surface area (Å²) in [4.78, 5) is 21.9. The van der Waals surface area contributed by atoms with Gasteiger partial charge in [0, 0.05) is 17.0 Å². The van der Waals surface area contributed by atoms with Crippen LogP contribution >= 0.6 is 11.3 Å². The zero-order chi connectivity index (χ0) is 23.2. The monoisotopic (exact) mass is 465 g/mol. The quantitative estimate of drug-likeness (QED) is 0.329. The fourth-order valence-corrected chi connectivity index (χ4v) is 4.47. The summed E-state index contributed by atoms with van der Waals surface area (Å²) in [5.41, 5.74) is -1.40. The van der Waals surface area contributed by atoms with Crippen molar-refractivity contribution in [3.05, 3.63) is 94.3 Å². The maximum atomic E-state index is 13.7. The number of alkyl halides is 3. The third-order valence-electron chi connectivity index (χ3n) is 5.14. The lowest BCUT2D eigenvalue weighted by atomic mass is 10.1. The highest BCUT2D eigenvalue weighted by atomic mass is 32.1. The van der Waals surface area contributed by atoms with E-state index in [-0.39, 0.29) is 10.9 Å². The first-order valence-electron chi connectivity index (χ1n) is 9.77. The number of rotatable bonds is 3. The highest BCUT2D eigenvalue weighted by Crippen LogP contribution is 2.36. The largest absolute Gasteiger partial charge is 0.494 e. The van der Waals surface area contributed by atoms with Gasteiger partial charge in [0.15, 0.2) is 0 Å². The average Bonchev–Trinajstić information content (AvgIpc) is 3.22. The van der Waals surface area contributed by atoms with Crippen molar-refractivity contribution in [2.45, 2.75) is 6.18 Å². The Bertz CT molecular complexity index is 1570. The van der Waals surface area contributed by atoms with Crippen molar-refractivity contribution in [2.75, 3.05) is 0 Å². The molecule has 2 aromatic heterocycles. The van der Waals surface area contributed by atoms with Crippen LogP contribution in [0.2, 0.25) is 0 Å². The summed E-state index contributed by atoms with van der Waals surface area (Å²) in [6.45, 7) is 0. The molecular formula is C24H14F3N3O2S. The van der Waals surface area contributed by atoms with Gasteiger partial charge in [-0.1, -0.05) is 53.8 Å². The topological polar surface area (TPSA) is 67.5 Å². The molecule has 0 saturated carbocycles. The van der Waals surface area contributed by atoms with Crippen LogP contribution in [0.4, 0.5) is 18.3 Å². The molecule has 0 fully saturated rings. The summed E-state index contributed by atoms with van der Waals surface area (Å²) in [5, 5.41) is 11.9. The third-order valence-corrected chi connectivity index (χ3v) is 6.08. The lowest BCUT2D eigenvalue weighted by Gasteiger charge is -2.17. The zero-order valence-corrected chi connectivity index (χ0v) is 17.6. The fourth-order valence-electron chi connectivity index (χ4n) is 3.66. The normalized spacial score (nSPS) is 12.2. The Morgan fingerprint density at radius 3 is 2.36 bits per heavy atom. The van der Waals surface area contributed by atoms with Gasteiger partial charge in [-0.3, -0.25) is 4.79 Å². The summed E-state index contributed by atoms with van der Waals surface area (Å²) in [5.74, 6) is -0.639. The van der Waals surface area contributed by atoms with Crippen LogP contribution in [-0.2, 0) is 6.18 Å². The minimum Gasteiger partial charge on any atom is -0.494 e. The standard InChI is InChI=1S/C24H14F3N3O2S/c25-24(26,27)17-9-3-5-11-19(17)30-21(31)15-8-2-1-7-14(15)16(22(30)32)13-28-23-29-18-10-4-6-12-20(18)33-23/h1-13,32H. The molecule has 0 aliphatic rings. The number of halogens is 3. The molecule has 9 heteroatoms. The van der Waals surface area contributed by atoms with Gasteiger partial charge >= 0.3 is 6.18 Å². The van der Waals surface area contributed by atoms with E-state index >= 15 is 0 Å². The second-order valence-electron chi connectivity index (χ2n) is 7.16. The van der Waals surface area contributed by atoms with Gasteiger partial charge in [-0.15, -0.1) is 0 Å². The van der Waals surface area contributed by atoms with Gasteiger partial charge in [-0.25, -0.2) is 14.5 Å². The van der Waals surface area contributed by atoms with E-state index in [1.807, 2.05) is 24.3 Å². The second-order valence-corrected chi connectivity index (χ2v) is 8.17. The van der Waals surface area contributed by atoms with Gasteiger partial charge in [0.1, 0.15) is 0 Å². The molecule has 0 spiro atoms. The van der Waals surface area contributed by atoms with Crippen LogP contribution in [0.5, 0.6) is 5.88 Å². The van der Waals surface area contributed by atoms with Gasteiger partial charge in [0.25, 0.3) is 5.56 Å². The molecule has 0 saturated heterocycles. The summed E-state index contributed by atoms with van der Waals surface area (Å²) in [7, 11) is 0. The summed E-state index contributed by atoms with van der Waals surface area (Å²) < 4.78 is 42.5. The predicted octanol–water partition coefficient (Wildman–Crippen LogP) is 6.08. The smallest absolute Gasteiger partial charge is 0.418 e. The first-order chi connectivity index (χ1) is 15.8. The van der Waals surface area contributed by atoms with Gasteiger partial charge in [0.2, 0.25) is 11.0 Å². The molecule has 0 aliphatic carbocycles. The first kappa shape index (κ1) is 20.9. The number of thiazole rings is 1. The third kappa shape index (κ3) is 3.66. The molecular weight excluding hydrogens is 451 g/mol. The molecule has 2 heterocycles. The van der Waals surface area contributed by atoms with Crippen molar-refractivity contribution in [1.82, 2.24) is 9.55 Å². The Labute approximate surface area is 188 Å². The molecule has 3 aromatic carbocycles. The number of fused-ring (bicyclic) bond motifs is 2. The number of hydrogen-bond donors (Lipinski definition) is 1. The van der Waals surface area contributed by atoms with Crippen LogP contribution in [0.25, 0.3) is 26.7 Å². The number of pyridine rings is 1. The molecule has 5 rings (SSSR count). The molecule has 5 nitrogen and oxygen atoms in total. The van der Waals surface area contributed by atoms with E-state index in [2.05, 4.69) is 9.98 Å². The molecule has 0 bridgehead atoms. The SMILES string of the molecule is O=c1c2ccccc2c(C=Nc2nc3ccccc3s2)c(O)n1-c1ccccc1C(F)(F)F. The number of hydrogen-bond acceptors (Lipinski definition) is 5. The lowest BCUT2D eigenvalue weighted by Crippen LogP contribution is -2.23. The predicted molar refractivity (Wildman–Crippen MR) is 123 cm³/mol. The van der Waals surface area contributed by atoms with E-state index in [0.29, 0.717) is 15.1 Å². The van der Waals surface area contributed by atoms with Gasteiger partial charge < -0.3 is 5.11 Å². The maximum Gasteiger partial charge on any atom is 0.418 e. The molecule has 0 aliphatic heterocycles. The van der Waals surface area contributed by atoms with E-state index in [1.54, 1.807) is 18.2 Å². The highest BCUT2D eigenvalue weighted by molar-refractivity contribution is 7.22. The second kappa shape index (κ2) is 7.86. The van der Waals surface area contributed by atoms with Crippen molar-refractivity contribution in [1.29, 1.82) is 0 Å². The van der Waals surface area contributed by atoms with Gasteiger partial charge in [0.05, 0.1) is 27.0 Å². The number of benzene rings is 3. The number of para-hydroxylation sites is 2. The first-order valence-corrected chi connectivity index (χ1v) is 10.6. The van der Waals surface area contributed by atoms with Gasteiger partial charge in [-0.05, 0) is 30.3 Å². The van der Waals surface area contributed by atoms with E-state index in [0.717, 1.165) is 22.3 Å². The van der Waals surface area contributed by atoms with E-state index in [4.69, 9.17) is 0 Å². The fraction of sp³-hybridized carbons (Fsp3) is 0.0417. The number of aromatic hydroxyl groups is 1. The molecule has 164 valence electrons. The summed E-state index contributed by atoms with van der Waals surface area (Å²) >= 11 is 1.33. The van der Waals surface area contributed by atoms with E-state index in [9.17, 15) is 23.1 Å². The summed E-state index contributed by atoms with van der Waals surface area (Å²) in [6.07, 6.45) is -3.40. The Kier molecular flexibility index (Phi) is 4.98. The molecule has 0 atom stereocenters. The Balaban J connectivity index is 1.76. The van der Waals surface area contributed by atoms with Crippen molar-refractivity contribution in [2.24, 2.45) is 4.99 Å². The molecule has 0 radical (unpaired) electrons. The Hall–Kier alpha value is -3.98. The van der Waals surface area contributed by atoms with Crippen molar-refractivity contribution in [3.63, 3.8) is 0 Å². The Morgan fingerprint density at radius 1 is 0.939 bits per heavy atom. The number of nitrogens with zero attached hydrogens (tertiary/aromatic N) is 3. The molecule has 5 aromatic rings. The van der Waals surface area contributed by atoms with Crippen LogP contribution < -0.4 is 5.56 Å². The number of aromatic nitrogens is 2. The number of aliphatic imine (C=N–C) groups is 1. The van der Waals surface area contributed by atoms with Crippen LogP contribution in [0.1, 0.15) is 11.1 Å². The molecule has 1 N–H and O–H groups in total. The Morgan fingerprint density at radius 2 is 1.61 bits per heavy atom. The minimum absolute atomic E-state index is 0.112. The average molecular weight is 465 g/mol. The van der Waals surface area contributed by atoms with Crippen LogP contribution in [0.3, 0.4) is 0 Å². The van der Waals surface area contributed by atoms with E-state index < -0.39 is 28.9 Å². The molecule has 0 amide bonds. The van der Waals surface area contributed by atoms with Crippen molar-refractivity contribution in [3.8, 4) is 11.6 Å². The van der Waals surface area contributed by atoms with Crippen LogP contribution in [-0.4, -0.2) is 20.9 Å². The zero-order valence-electron chi connectivity index (χ0n) is 16.7. The summed E-state index contributed by atoms with van der Waals surface area (Å²) in [6, 6.07) is 18.5. The molecule has 33 heavy (non-hydrogen) atoms. The van der Waals surface area contributed by atoms with Crippen LogP contribution in [0, 0.1) is 0 Å². The van der Waals surface area contributed by atoms with Gasteiger partial charge in [-0.2, -0.15) is 13.2 Å². The molecule has 0 unspecified atom stereocenters. The van der Waals surface area contributed by atoms with E-state index in [1.165, 1.54) is 35.8 Å². The van der Waals surface area contributed by atoms with Crippen molar-refractivity contribution < 1.29 is 18.3 Å². The minimum atomic E-state index is -4.72. The van der Waals surface area contributed by atoms with Crippen LogP contribution in [0.15, 0.2) is 82.6 Å².